The number of fused-ring (bicyclic) bond motifs is 1. The summed E-state index contributed by atoms with van der Waals surface area (Å²) in [6.07, 6.45) is 4.37. The molecular formula is C13H11N5O2. The van der Waals surface area contributed by atoms with Gasteiger partial charge in [-0.15, -0.1) is 10.2 Å². The maximum Gasteiger partial charge on any atom is 0.257 e. The average Bonchev–Trinajstić information content (AvgIpc) is 2.88. The number of nitrogens with one attached hydrogen (secondary N) is 1. The maximum atomic E-state index is 11.9. The number of nitrogens with zero attached hydrogens (tertiary/aromatic N) is 4. The van der Waals surface area contributed by atoms with Crippen molar-refractivity contribution in [3.63, 3.8) is 0 Å². The highest BCUT2D eigenvalue weighted by molar-refractivity contribution is 5.93. The predicted molar refractivity (Wildman–Crippen MR) is 69.6 cm³/mol. The molecule has 1 N–H and O–H groups in total. The van der Waals surface area contributed by atoms with Crippen LogP contribution in [-0.4, -0.2) is 20.5 Å². The molecule has 0 saturated heterocycles. The van der Waals surface area contributed by atoms with Crippen molar-refractivity contribution < 1.29 is 9.52 Å². The molecule has 3 aromatic rings. The van der Waals surface area contributed by atoms with Gasteiger partial charge in [-0.2, -0.15) is 4.73 Å². The number of hydrogen-bond donors (Lipinski definition) is 1. The Morgan fingerprint density at radius 2 is 2.20 bits per heavy atom. The minimum Gasteiger partial charge on any atom is -0.619 e. The summed E-state index contributed by atoms with van der Waals surface area (Å²) in [6.45, 7) is 0.234. The van der Waals surface area contributed by atoms with Crippen LogP contribution in [0, 0.1) is 5.21 Å². The summed E-state index contributed by atoms with van der Waals surface area (Å²) in [7, 11) is 0. The molecule has 0 saturated carbocycles. The topological polar surface area (TPSA) is 86.2 Å². The molecule has 100 valence electrons. The van der Waals surface area contributed by atoms with E-state index in [2.05, 4.69) is 15.5 Å². The molecule has 0 aliphatic carbocycles. The number of hydrogen-bond acceptors (Lipinski definition) is 4. The van der Waals surface area contributed by atoms with Gasteiger partial charge in [-0.05, 0) is 18.2 Å². The lowest BCUT2D eigenvalue weighted by molar-refractivity contribution is -0.605. The number of pyridine rings is 2. The zero-order chi connectivity index (χ0) is 13.9. The van der Waals surface area contributed by atoms with Gasteiger partial charge in [0.1, 0.15) is 5.56 Å². The molecule has 0 radical (unpaired) electrons. The quantitative estimate of drug-likeness (QED) is 0.547. The molecule has 3 rings (SSSR count). The highest BCUT2D eigenvalue weighted by Crippen LogP contribution is 2.03. The second-order valence-corrected chi connectivity index (χ2v) is 4.18. The Balaban J connectivity index is 1.75. The Labute approximate surface area is 114 Å². The first-order chi connectivity index (χ1) is 9.74. The zero-order valence-corrected chi connectivity index (χ0v) is 10.4. The van der Waals surface area contributed by atoms with Gasteiger partial charge >= 0.3 is 0 Å². The lowest BCUT2D eigenvalue weighted by atomic mass is 10.3. The van der Waals surface area contributed by atoms with E-state index in [9.17, 15) is 10.0 Å². The Bertz CT molecular complexity index is 768. The van der Waals surface area contributed by atoms with E-state index in [4.69, 9.17) is 0 Å². The van der Waals surface area contributed by atoms with Crippen LogP contribution in [0.25, 0.3) is 5.65 Å². The van der Waals surface area contributed by atoms with Crippen LogP contribution in [0.15, 0.2) is 48.9 Å². The van der Waals surface area contributed by atoms with Crippen LogP contribution < -0.4 is 10.0 Å². The molecule has 0 aromatic carbocycles. The third-order valence-corrected chi connectivity index (χ3v) is 2.83. The molecule has 3 heterocycles. The molecule has 0 atom stereocenters. The molecule has 3 aromatic heterocycles. The van der Waals surface area contributed by atoms with Crippen molar-refractivity contribution in [3.05, 3.63) is 65.5 Å². The smallest absolute Gasteiger partial charge is 0.257 e. The highest BCUT2D eigenvalue weighted by Gasteiger charge is 2.10. The van der Waals surface area contributed by atoms with Gasteiger partial charge in [0.15, 0.2) is 23.9 Å². The van der Waals surface area contributed by atoms with Crippen LogP contribution in [0.5, 0.6) is 0 Å². The molecule has 0 fully saturated rings. The molecule has 7 nitrogen and oxygen atoms in total. The van der Waals surface area contributed by atoms with Crippen LogP contribution >= 0.6 is 0 Å². The summed E-state index contributed by atoms with van der Waals surface area (Å²) in [5, 5.41) is 21.8. The van der Waals surface area contributed by atoms with Crippen molar-refractivity contribution in [2.45, 2.75) is 6.54 Å². The molecule has 1 amide bonds. The first kappa shape index (κ1) is 12.1. The van der Waals surface area contributed by atoms with E-state index in [-0.39, 0.29) is 12.5 Å². The Morgan fingerprint density at radius 3 is 3.05 bits per heavy atom. The average molecular weight is 269 g/mol. The van der Waals surface area contributed by atoms with E-state index in [0.29, 0.717) is 21.8 Å². The van der Waals surface area contributed by atoms with Crippen LogP contribution in [0.4, 0.5) is 0 Å². The van der Waals surface area contributed by atoms with Crippen LogP contribution in [0.2, 0.25) is 0 Å². The van der Waals surface area contributed by atoms with Gasteiger partial charge < -0.3 is 10.5 Å². The van der Waals surface area contributed by atoms with Gasteiger partial charge in [0.2, 0.25) is 0 Å². The van der Waals surface area contributed by atoms with E-state index < -0.39 is 0 Å². The molecule has 0 aliphatic rings. The normalized spacial score (nSPS) is 10.6. The van der Waals surface area contributed by atoms with E-state index in [1.54, 1.807) is 10.5 Å². The summed E-state index contributed by atoms with van der Waals surface area (Å²) in [5.74, 6) is 0.294. The zero-order valence-electron chi connectivity index (χ0n) is 10.4. The first-order valence-electron chi connectivity index (χ1n) is 6.00. The second kappa shape index (κ2) is 4.96. The molecule has 20 heavy (non-hydrogen) atoms. The van der Waals surface area contributed by atoms with E-state index in [1.165, 1.54) is 18.5 Å². The largest absolute Gasteiger partial charge is 0.619 e. The fourth-order valence-corrected chi connectivity index (χ4v) is 1.86. The fraction of sp³-hybridized carbons (Fsp3) is 0.0769. The number of carbonyl (C=O) groups excluding carboxylic acids is 1. The molecule has 0 bridgehead atoms. The van der Waals surface area contributed by atoms with E-state index in [1.807, 2.05) is 24.4 Å². The van der Waals surface area contributed by atoms with Crippen LogP contribution in [0.1, 0.15) is 16.2 Å². The number of carbonyl (C=O) groups is 1. The van der Waals surface area contributed by atoms with Gasteiger partial charge in [-0.3, -0.25) is 9.20 Å². The summed E-state index contributed by atoms with van der Waals surface area (Å²) < 4.78 is 2.38. The van der Waals surface area contributed by atoms with Crippen molar-refractivity contribution in [3.8, 4) is 0 Å². The monoisotopic (exact) mass is 269 g/mol. The van der Waals surface area contributed by atoms with E-state index in [0.717, 1.165) is 0 Å². The molecule has 0 spiro atoms. The minimum atomic E-state index is -0.331. The number of amides is 1. The molecular weight excluding hydrogens is 258 g/mol. The summed E-state index contributed by atoms with van der Waals surface area (Å²) >= 11 is 0. The number of rotatable bonds is 3. The molecule has 7 heteroatoms. The Hall–Kier alpha value is -2.96. The second-order valence-electron chi connectivity index (χ2n) is 4.18. The number of aromatic nitrogens is 4. The predicted octanol–water partition coefficient (Wildman–Crippen LogP) is 0.293. The van der Waals surface area contributed by atoms with Crippen molar-refractivity contribution in [1.29, 1.82) is 0 Å². The summed E-state index contributed by atoms with van der Waals surface area (Å²) in [4.78, 5) is 11.9. The van der Waals surface area contributed by atoms with E-state index >= 15 is 0 Å². The summed E-state index contributed by atoms with van der Waals surface area (Å²) in [6, 6.07) is 8.65. The standard InChI is InChI=1S/C13H11N5O2/c19-13(10-4-3-6-17(20)9-10)14-8-12-16-15-11-5-1-2-7-18(11)12/h1-7,9H,8H2,(H,14,19). The Morgan fingerprint density at radius 1 is 1.30 bits per heavy atom. The first-order valence-corrected chi connectivity index (χ1v) is 6.00. The third-order valence-electron chi connectivity index (χ3n) is 2.83. The SMILES string of the molecule is O=C(NCc1nnc2ccccn12)c1ccc[n+]([O-])c1. The minimum absolute atomic E-state index is 0.234. The lowest BCUT2D eigenvalue weighted by Crippen LogP contribution is -2.30. The van der Waals surface area contributed by atoms with Crippen molar-refractivity contribution in [2.24, 2.45) is 0 Å². The molecule has 0 aliphatic heterocycles. The highest BCUT2D eigenvalue weighted by atomic mass is 16.5. The van der Waals surface area contributed by atoms with Crippen LogP contribution in [0.3, 0.4) is 0 Å². The molecule has 0 unspecified atom stereocenters. The van der Waals surface area contributed by atoms with Gasteiger partial charge in [0, 0.05) is 12.3 Å². The maximum absolute atomic E-state index is 11.9. The van der Waals surface area contributed by atoms with Crippen molar-refractivity contribution >= 4 is 11.6 Å². The third kappa shape index (κ3) is 2.28. The van der Waals surface area contributed by atoms with Gasteiger partial charge in [-0.1, -0.05) is 6.07 Å². The Kier molecular flexibility index (Phi) is 3.00. The fourth-order valence-electron chi connectivity index (χ4n) is 1.86. The van der Waals surface area contributed by atoms with Gasteiger partial charge in [0.05, 0.1) is 6.54 Å². The van der Waals surface area contributed by atoms with Gasteiger partial charge in [0.25, 0.3) is 5.91 Å². The van der Waals surface area contributed by atoms with Crippen molar-refractivity contribution in [2.75, 3.05) is 0 Å². The van der Waals surface area contributed by atoms with Gasteiger partial charge in [-0.25, -0.2) is 0 Å². The lowest BCUT2D eigenvalue weighted by Gasteiger charge is -2.04. The summed E-state index contributed by atoms with van der Waals surface area (Å²) in [5.41, 5.74) is 1.02. The van der Waals surface area contributed by atoms with Crippen molar-refractivity contribution in [1.82, 2.24) is 19.9 Å². The van der Waals surface area contributed by atoms with Crippen LogP contribution in [-0.2, 0) is 6.54 Å².